The summed E-state index contributed by atoms with van der Waals surface area (Å²) in [5.74, 6) is 0.723. The summed E-state index contributed by atoms with van der Waals surface area (Å²) in [7, 11) is 0. The van der Waals surface area contributed by atoms with Gasteiger partial charge in [0.15, 0.2) is 5.82 Å². The van der Waals surface area contributed by atoms with E-state index in [2.05, 4.69) is 178 Å². The first-order valence-corrected chi connectivity index (χ1v) is 19.4. The average molecular weight is 707 g/mol. The van der Waals surface area contributed by atoms with Crippen LogP contribution in [-0.4, -0.2) is 9.97 Å². The molecule has 2 heterocycles. The number of hydrogen-bond acceptors (Lipinski definition) is 3. The Labute approximate surface area is 318 Å². The molecule has 0 atom stereocenters. The number of nitrogens with zero attached hydrogens (tertiary/aromatic N) is 2. The zero-order valence-electron chi connectivity index (χ0n) is 30.0. The number of fused-ring (bicyclic) bond motifs is 8. The van der Waals surface area contributed by atoms with Gasteiger partial charge in [-0.3, -0.25) is 0 Å². The molecule has 0 unspecified atom stereocenters. The lowest BCUT2D eigenvalue weighted by Gasteiger charge is -2.22. The van der Waals surface area contributed by atoms with Crippen LogP contribution >= 0.6 is 11.3 Å². The zero-order valence-corrected chi connectivity index (χ0v) is 30.8. The smallest absolute Gasteiger partial charge is 0.160 e. The van der Waals surface area contributed by atoms with Crippen LogP contribution in [0.15, 0.2) is 170 Å². The Bertz CT molecular complexity index is 3130. The second kappa shape index (κ2) is 11.8. The minimum atomic E-state index is -0.109. The van der Waals surface area contributed by atoms with Crippen molar-refractivity contribution in [2.24, 2.45) is 0 Å². The van der Waals surface area contributed by atoms with Crippen LogP contribution in [0.4, 0.5) is 0 Å². The van der Waals surface area contributed by atoms with Crippen LogP contribution in [-0.2, 0) is 5.41 Å². The fourth-order valence-electron chi connectivity index (χ4n) is 8.79. The van der Waals surface area contributed by atoms with Crippen molar-refractivity contribution in [1.29, 1.82) is 0 Å². The number of aromatic nitrogens is 2. The Morgan fingerprint density at radius 2 is 1.02 bits per heavy atom. The van der Waals surface area contributed by atoms with Gasteiger partial charge >= 0.3 is 0 Å². The SMILES string of the molecule is CC1(C)c2cc(-c3ccc(-c4cc(-c5cccc6sc7ccccc7c56)nc(-c5ccccc5)n4)c4ccccc34)ccc2-c2cc3ccccc3cc21. The molecule has 0 radical (unpaired) electrons. The predicted octanol–water partition coefficient (Wildman–Crippen LogP) is 14.1. The molecule has 1 aliphatic rings. The van der Waals surface area contributed by atoms with Crippen LogP contribution in [0, 0.1) is 0 Å². The summed E-state index contributed by atoms with van der Waals surface area (Å²) in [6, 6.07) is 61.7. The van der Waals surface area contributed by atoms with Gasteiger partial charge in [-0.15, -0.1) is 11.3 Å². The van der Waals surface area contributed by atoms with E-state index in [1.807, 2.05) is 17.4 Å². The molecule has 54 heavy (non-hydrogen) atoms. The van der Waals surface area contributed by atoms with Gasteiger partial charge in [0.25, 0.3) is 0 Å². The van der Waals surface area contributed by atoms with Crippen LogP contribution in [0.5, 0.6) is 0 Å². The van der Waals surface area contributed by atoms with Gasteiger partial charge in [0.1, 0.15) is 0 Å². The Hall–Kier alpha value is -6.42. The molecule has 1 aliphatic carbocycles. The summed E-state index contributed by atoms with van der Waals surface area (Å²) < 4.78 is 2.55. The quantitative estimate of drug-likeness (QED) is 0.182. The van der Waals surface area contributed by atoms with E-state index >= 15 is 0 Å². The first-order valence-electron chi connectivity index (χ1n) is 18.6. The maximum atomic E-state index is 5.29. The van der Waals surface area contributed by atoms with Gasteiger partial charge in [0.2, 0.25) is 0 Å². The Kier molecular flexibility index (Phi) is 6.80. The molecule has 10 aromatic rings. The third-order valence-corrected chi connectivity index (χ3v) is 12.6. The number of rotatable bonds is 4. The highest BCUT2D eigenvalue weighted by atomic mass is 32.1. The highest BCUT2D eigenvalue weighted by molar-refractivity contribution is 7.25. The topological polar surface area (TPSA) is 25.8 Å². The van der Waals surface area contributed by atoms with Gasteiger partial charge in [0.05, 0.1) is 11.4 Å². The first kappa shape index (κ1) is 31.1. The van der Waals surface area contributed by atoms with Gasteiger partial charge in [-0.1, -0.05) is 147 Å². The van der Waals surface area contributed by atoms with Crippen molar-refractivity contribution in [2.45, 2.75) is 19.3 Å². The van der Waals surface area contributed by atoms with Crippen molar-refractivity contribution in [3.05, 3.63) is 181 Å². The van der Waals surface area contributed by atoms with E-state index in [-0.39, 0.29) is 5.41 Å². The fourth-order valence-corrected chi connectivity index (χ4v) is 9.92. The number of hydrogen-bond donors (Lipinski definition) is 0. The highest BCUT2D eigenvalue weighted by Crippen LogP contribution is 2.51. The van der Waals surface area contributed by atoms with Crippen molar-refractivity contribution < 1.29 is 0 Å². The number of thiophene rings is 1. The molecule has 2 nitrogen and oxygen atoms in total. The molecule has 0 spiro atoms. The molecule has 8 aromatic carbocycles. The van der Waals surface area contributed by atoms with Crippen LogP contribution in [0.25, 0.3) is 97.9 Å². The lowest BCUT2D eigenvalue weighted by atomic mass is 9.81. The van der Waals surface area contributed by atoms with Gasteiger partial charge in [-0.25, -0.2) is 9.97 Å². The van der Waals surface area contributed by atoms with Gasteiger partial charge in [-0.05, 0) is 91.3 Å². The van der Waals surface area contributed by atoms with E-state index in [1.54, 1.807) is 0 Å². The third-order valence-electron chi connectivity index (χ3n) is 11.5. The summed E-state index contributed by atoms with van der Waals surface area (Å²) in [4.78, 5) is 10.5. The van der Waals surface area contributed by atoms with Crippen LogP contribution < -0.4 is 0 Å². The van der Waals surface area contributed by atoms with Crippen molar-refractivity contribution in [1.82, 2.24) is 9.97 Å². The fraction of sp³-hybridized carbons (Fsp3) is 0.0588. The van der Waals surface area contributed by atoms with Gasteiger partial charge in [0, 0.05) is 42.3 Å². The minimum absolute atomic E-state index is 0.109. The summed E-state index contributed by atoms with van der Waals surface area (Å²) in [5.41, 5.74) is 12.9. The molecule has 0 bridgehead atoms. The van der Waals surface area contributed by atoms with Crippen molar-refractivity contribution >= 4 is 53.1 Å². The van der Waals surface area contributed by atoms with E-state index in [0.717, 1.165) is 33.9 Å². The Balaban J connectivity index is 1.09. The largest absolute Gasteiger partial charge is 0.228 e. The maximum absolute atomic E-state index is 5.29. The van der Waals surface area contributed by atoms with Crippen LogP contribution in [0.3, 0.4) is 0 Å². The molecule has 11 rings (SSSR count). The first-order chi connectivity index (χ1) is 26.5. The normalized spacial score (nSPS) is 13.1. The predicted molar refractivity (Wildman–Crippen MR) is 229 cm³/mol. The summed E-state index contributed by atoms with van der Waals surface area (Å²) in [6.45, 7) is 4.74. The molecule has 0 saturated heterocycles. The summed E-state index contributed by atoms with van der Waals surface area (Å²) in [6.07, 6.45) is 0. The van der Waals surface area contributed by atoms with Crippen molar-refractivity contribution in [3.8, 4) is 56.2 Å². The molecule has 3 heteroatoms. The zero-order chi connectivity index (χ0) is 36.0. The lowest BCUT2D eigenvalue weighted by Crippen LogP contribution is -2.15. The van der Waals surface area contributed by atoms with Crippen molar-refractivity contribution in [3.63, 3.8) is 0 Å². The van der Waals surface area contributed by atoms with Gasteiger partial charge < -0.3 is 0 Å². The van der Waals surface area contributed by atoms with E-state index < -0.39 is 0 Å². The van der Waals surface area contributed by atoms with Crippen molar-refractivity contribution in [2.75, 3.05) is 0 Å². The van der Waals surface area contributed by atoms with E-state index in [0.29, 0.717) is 0 Å². The van der Waals surface area contributed by atoms with Gasteiger partial charge in [-0.2, -0.15) is 0 Å². The molecule has 0 fully saturated rings. The molecule has 0 N–H and O–H groups in total. The molecule has 254 valence electrons. The maximum Gasteiger partial charge on any atom is 0.160 e. The summed E-state index contributed by atoms with van der Waals surface area (Å²) >= 11 is 1.83. The molecule has 0 aliphatic heterocycles. The van der Waals surface area contributed by atoms with E-state index in [1.165, 1.54) is 75.1 Å². The molecular weight excluding hydrogens is 673 g/mol. The molecule has 2 aromatic heterocycles. The Morgan fingerprint density at radius 1 is 0.407 bits per heavy atom. The molecule has 0 amide bonds. The monoisotopic (exact) mass is 706 g/mol. The second-order valence-electron chi connectivity index (χ2n) is 14.9. The minimum Gasteiger partial charge on any atom is -0.228 e. The highest BCUT2D eigenvalue weighted by Gasteiger charge is 2.36. The van der Waals surface area contributed by atoms with E-state index in [9.17, 15) is 0 Å². The Morgan fingerprint density at radius 3 is 1.83 bits per heavy atom. The lowest BCUT2D eigenvalue weighted by molar-refractivity contribution is 0.661. The second-order valence-corrected chi connectivity index (χ2v) is 16.0. The standard InChI is InChI=1S/C51H34N2S/c1-51(2)43-29-34(23-24-38(43)42-27-32-15-6-7-16-33(32)28-44(42)51)35-25-26-39(37-18-9-8-17-36(35)37)45-30-46(53-50(52-45)31-13-4-3-5-14-31)40-20-12-22-48-49(40)41-19-10-11-21-47(41)54-48/h3-30H,1-2H3. The van der Waals surface area contributed by atoms with Crippen LogP contribution in [0.1, 0.15) is 25.0 Å². The van der Waals surface area contributed by atoms with E-state index in [4.69, 9.17) is 9.97 Å². The van der Waals surface area contributed by atoms with Crippen LogP contribution in [0.2, 0.25) is 0 Å². The molecule has 0 saturated carbocycles. The summed E-state index contributed by atoms with van der Waals surface area (Å²) in [5, 5.41) is 7.47. The molecular formula is C51H34N2S. The average Bonchev–Trinajstić information content (AvgIpc) is 3.71. The third kappa shape index (κ3) is 4.72. The number of benzene rings is 8.